The maximum atomic E-state index is 11.7. The van der Waals surface area contributed by atoms with Crippen LogP contribution in [0.1, 0.15) is 17.5 Å². The van der Waals surface area contributed by atoms with Crippen LogP contribution in [0.5, 0.6) is 5.75 Å². The lowest BCUT2D eigenvalue weighted by atomic mass is 10.2. The van der Waals surface area contributed by atoms with Gasteiger partial charge in [0.05, 0.1) is 19.2 Å². The maximum Gasteiger partial charge on any atom is 0.247 e. The molecule has 21 heavy (non-hydrogen) atoms. The van der Waals surface area contributed by atoms with Gasteiger partial charge < -0.3 is 10.5 Å². The van der Waals surface area contributed by atoms with Gasteiger partial charge in [0, 0.05) is 5.56 Å². The summed E-state index contributed by atoms with van der Waals surface area (Å²) < 4.78 is 5.46. The summed E-state index contributed by atoms with van der Waals surface area (Å²) >= 11 is 1.18. The molecule has 1 aromatic heterocycles. The quantitative estimate of drug-likeness (QED) is 0.617. The molecule has 110 valence electrons. The van der Waals surface area contributed by atoms with Gasteiger partial charge in [-0.25, -0.2) is 5.43 Å². The molecule has 0 spiro atoms. The lowest BCUT2D eigenvalue weighted by molar-refractivity contribution is -0.120. The monoisotopic (exact) mass is 305 g/mol. The van der Waals surface area contributed by atoms with Crippen molar-refractivity contribution in [2.24, 2.45) is 5.10 Å². The van der Waals surface area contributed by atoms with E-state index in [2.05, 4.69) is 20.7 Å². The Kier molecular flexibility index (Phi) is 5.22. The molecule has 0 fully saturated rings. The minimum Gasteiger partial charge on any atom is -0.493 e. The van der Waals surface area contributed by atoms with Crippen LogP contribution in [0.3, 0.4) is 0 Å². The predicted molar refractivity (Wildman–Crippen MR) is 81.4 cm³/mol. The van der Waals surface area contributed by atoms with Gasteiger partial charge in [-0.05, 0) is 19.1 Å². The van der Waals surface area contributed by atoms with Gasteiger partial charge in [0.25, 0.3) is 0 Å². The third-order valence-corrected chi connectivity index (χ3v) is 3.16. The van der Waals surface area contributed by atoms with E-state index in [1.807, 2.05) is 31.2 Å². The molecular weight excluding hydrogens is 290 g/mol. The van der Waals surface area contributed by atoms with Crippen LogP contribution >= 0.6 is 11.3 Å². The number of para-hydroxylation sites is 1. The highest BCUT2D eigenvalue weighted by Crippen LogP contribution is 2.15. The molecule has 0 bridgehead atoms. The van der Waals surface area contributed by atoms with Crippen molar-refractivity contribution in [1.29, 1.82) is 0 Å². The number of ether oxygens (including phenoxy) is 1. The molecule has 0 saturated heterocycles. The molecule has 1 heterocycles. The largest absolute Gasteiger partial charge is 0.493 e. The van der Waals surface area contributed by atoms with E-state index in [0.29, 0.717) is 16.7 Å². The molecule has 0 aliphatic heterocycles. The van der Waals surface area contributed by atoms with Crippen LogP contribution in [-0.2, 0) is 11.2 Å². The van der Waals surface area contributed by atoms with Crippen LogP contribution in [0.25, 0.3) is 0 Å². The van der Waals surface area contributed by atoms with Crippen molar-refractivity contribution in [2.45, 2.75) is 13.3 Å². The molecule has 0 atom stereocenters. The van der Waals surface area contributed by atoms with E-state index >= 15 is 0 Å². The normalized spacial score (nSPS) is 10.7. The number of hydrazone groups is 1. The van der Waals surface area contributed by atoms with Gasteiger partial charge in [0.1, 0.15) is 10.8 Å². The fourth-order valence-corrected chi connectivity index (χ4v) is 2.17. The Morgan fingerprint density at radius 3 is 3.00 bits per heavy atom. The van der Waals surface area contributed by atoms with Crippen molar-refractivity contribution in [2.75, 3.05) is 12.3 Å². The third kappa shape index (κ3) is 4.53. The van der Waals surface area contributed by atoms with Crippen LogP contribution < -0.4 is 15.9 Å². The highest BCUT2D eigenvalue weighted by molar-refractivity contribution is 7.15. The number of hydrogen-bond donors (Lipinski definition) is 2. The van der Waals surface area contributed by atoms with Gasteiger partial charge in [0.15, 0.2) is 0 Å². The summed E-state index contributed by atoms with van der Waals surface area (Å²) in [6.45, 7) is 2.47. The number of benzene rings is 1. The Bertz CT molecular complexity index is 641. The van der Waals surface area contributed by atoms with E-state index in [9.17, 15) is 4.79 Å². The van der Waals surface area contributed by atoms with Gasteiger partial charge in [-0.1, -0.05) is 23.5 Å². The molecule has 2 rings (SSSR count). The second-order valence-electron chi connectivity index (χ2n) is 3.97. The molecule has 3 N–H and O–H groups in total. The van der Waals surface area contributed by atoms with Gasteiger partial charge in [-0.3, -0.25) is 4.79 Å². The fourth-order valence-electron chi connectivity index (χ4n) is 1.56. The molecule has 0 saturated carbocycles. The fraction of sp³-hybridized carbons (Fsp3) is 0.231. The Balaban J connectivity index is 1.91. The van der Waals surface area contributed by atoms with Crippen molar-refractivity contribution in [3.63, 3.8) is 0 Å². The highest BCUT2D eigenvalue weighted by Gasteiger charge is 2.07. The molecular formula is C13H15N5O2S. The van der Waals surface area contributed by atoms with E-state index in [-0.39, 0.29) is 12.3 Å². The summed E-state index contributed by atoms with van der Waals surface area (Å²) in [5, 5.41) is 12.2. The van der Waals surface area contributed by atoms with E-state index in [1.54, 1.807) is 0 Å². The molecule has 8 heteroatoms. The second kappa shape index (κ2) is 7.34. The Morgan fingerprint density at radius 2 is 2.29 bits per heavy atom. The van der Waals surface area contributed by atoms with Crippen molar-refractivity contribution < 1.29 is 9.53 Å². The van der Waals surface area contributed by atoms with E-state index in [0.717, 1.165) is 11.3 Å². The minimum atomic E-state index is -0.281. The first-order chi connectivity index (χ1) is 10.2. The molecule has 0 aliphatic carbocycles. The Hall–Kier alpha value is -2.48. The number of amides is 1. The molecule has 0 unspecified atom stereocenters. The summed E-state index contributed by atoms with van der Waals surface area (Å²) in [5.74, 6) is 0.436. The van der Waals surface area contributed by atoms with Crippen LogP contribution in [0.2, 0.25) is 0 Å². The number of nitrogens with one attached hydrogen (secondary N) is 1. The van der Waals surface area contributed by atoms with Crippen LogP contribution in [0, 0.1) is 0 Å². The van der Waals surface area contributed by atoms with Gasteiger partial charge in [0.2, 0.25) is 11.0 Å². The predicted octanol–water partition coefficient (Wildman–Crippen LogP) is 1.21. The molecule has 0 aliphatic rings. The van der Waals surface area contributed by atoms with Crippen LogP contribution in [0.15, 0.2) is 29.4 Å². The number of nitrogens with two attached hydrogens (primary N) is 1. The summed E-state index contributed by atoms with van der Waals surface area (Å²) in [5.41, 5.74) is 8.67. The van der Waals surface area contributed by atoms with Crippen molar-refractivity contribution in [1.82, 2.24) is 15.6 Å². The van der Waals surface area contributed by atoms with Crippen molar-refractivity contribution in [3.8, 4) is 5.75 Å². The summed E-state index contributed by atoms with van der Waals surface area (Å²) in [6.07, 6.45) is 1.64. The molecule has 1 aromatic carbocycles. The van der Waals surface area contributed by atoms with Crippen molar-refractivity contribution in [3.05, 3.63) is 34.8 Å². The number of rotatable bonds is 6. The second-order valence-corrected chi connectivity index (χ2v) is 5.07. The number of nitrogen functional groups attached to an aromatic ring is 1. The molecule has 1 amide bonds. The van der Waals surface area contributed by atoms with E-state index in [1.165, 1.54) is 17.6 Å². The number of aromatic nitrogens is 2. The SMILES string of the molecule is CCOc1ccccc1/C=N/NC(=O)Cc1nnc(N)s1. The zero-order valence-corrected chi connectivity index (χ0v) is 12.3. The van der Waals surface area contributed by atoms with Gasteiger partial charge >= 0.3 is 0 Å². The first-order valence-electron chi connectivity index (χ1n) is 6.30. The zero-order valence-electron chi connectivity index (χ0n) is 11.4. The average molecular weight is 305 g/mol. The topological polar surface area (TPSA) is 102 Å². The molecule has 0 radical (unpaired) electrons. The summed E-state index contributed by atoms with van der Waals surface area (Å²) in [7, 11) is 0. The standard InChI is InChI=1S/C13H15N5O2S/c1-2-20-10-6-4-3-5-9(10)8-15-16-11(19)7-12-17-18-13(14)21-12/h3-6,8H,2,7H2,1H3,(H2,14,18)(H,16,19)/b15-8+. The first kappa shape index (κ1) is 14.9. The zero-order chi connectivity index (χ0) is 15.1. The van der Waals surface area contributed by atoms with E-state index in [4.69, 9.17) is 10.5 Å². The number of carbonyl (C=O) groups excluding carboxylic acids is 1. The summed E-state index contributed by atoms with van der Waals surface area (Å²) in [4.78, 5) is 11.7. The van der Waals surface area contributed by atoms with Crippen LogP contribution in [0.4, 0.5) is 5.13 Å². The number of hydrogen-bond acceptors (Lipinski definition) is 7. The Morgan fingerprint density at radius 1 is 1.48 bits per heavy atom. The molecule has 2 aromatic rings. The van der Waals surface area contributed by atoms with E-state index < -0.39 is 0 Å². The minimum absolute atomic E-state index is 0.0965. The molecule has 7 nitrogen and oxygen atoms in total. The first-order valence-corrected chi connectivity index (χ1v) is 7.12. The smallest absolute Gasteiger partial charge is 0.247 e. The number of carbonyl (C=O) groups is 1. The number of nitrogens with zero attached hydrogens (tertiary/aromatic N) is 3. The lowest BCUT2D eigenvalue weighted by Crippen LogP contribution is -2.19. The van der Waals surface area contributed by atoms with Crippen LogP contribution in [-0.4, -0.2) is 28.9 Å². The lowest BCUT2D eigenvalue weighted by Gasteiger charge is -2.05. The number of anilines is 1. The van der Waals surface area contributed by atoms with Gasteiger partial charge in [-0.15, -0.1) is 10.2 Å². The average Bonchev–Trinajstić information content (AvgIpc) is 2.86. The Labute approximate surface area is 125 Å². The third-order valence-electron chi connectivity index (χ3n) is 2.41. The van der Waals surface area contributed by atoms with Gasteiger partial charge in [-0.2, -0.15) is 5.10 Å². The highest BCUT2D eigenvalue weighted by atomic mass is 32.1. The summed E-state index contributed by atoms with van der Waals surface area (Å²) in [6, 6.07) is 7.44. The van der Waals surface area contributed by atoms with Crippen molar-refractivity contribution >= 4 is 28.6 Å². The maximum absolute atomic E-state index is 11.7.